The van der Waals surface area contributed by atoms with E-state index in [2.05, 4.69) is 0 Å². The first-order chi connectivity index (χ1) is 18.0. The average Bonchev–Trinajstić information content (AvgIpc) is 3.28. The maximum atomic E-state index is 13.7. The molecule has 1 amide bonds. The Bertz CT molecular complexity index is 1330. The highest BCUT2D eigenvalue weighted by Crippen LogP contribution is 2.51. The second-order valence-corrected chi connectivity index (χ2v) is 11.3. The summed E-state index contributed by atoms with van der Waals surface area (Å²) in [5.41, 5.74) is -7.26. The summed E-state index contributed by atoms with van der Waals surface area (Å²) in [5, 5.41) is 19.5. The molecule has 2 N–H and O–H groups in total. The van der Waals surface area contributed by atoms with Crippen molar-refractivity contribution >= 4 is 21.6 Å². The molecule has 39 heavy (non-hydrogen) atoms. The highest BCUT2D eigenvalue weighted by molar-refractivity contribution is 7.92. The first kappa shape index (κ1) is 29.1. The van der Waals surface area contributed by atoms with Gasteiger partial charge in [-0.05, 0) is 55.2 Å². The van der Waals surface area contributed by atoms with E-state index in [-0.39, 0.29) is 43.6 Å². The van der Waals surface area contributed by atoms with E-state index in [1.807, 2.05) is 0 Å². The molecule has 15 heteroatoms. The number of anilines is 1. The zero-order valence-corrected chi connectivity index (χ0v) is 20.8. The van der Waals surface area contributed by atoms with Crippen LogP contribution >= 0.6 is 0 Å². The number of carbonyl (C=O) groups is 1. The SMILES string of the molecule is O=C(C[C@@H]1CCc2cc(C(O)(C(F)(F)F)C(F)(F)F)ccc2N1S(=O)(=O)c1ccc(F)cc1)N1CC[C@@H](O)C1. The second kappa shape index (κ2) is 9.93. The Balaban J connectivity index is 1.80. The van der Waals surface area contributed by atoms with Crippen LogP contribution in [-0.4, -0.2) is 67.0 Å². The quantitative estimate of drug-likeness (QED) is 0.524. The van der Waals surface area contributed by atoms with E-state index in [4.69, 9.17) is 0 Å². The maximum Gasteiger partial charge on any atom is 0.430 e. The molecule has 0 unspecified atom stereocenters. The zero-order chi connectivity index (χ0) is 29.0. The molecule has 4 rings (SSSR count). The lowest BCUT2D eigenvalue weighted by atomic mass is 9.87. The molecule has 2 aromatic carbocycles. The fourth-order valence-corrected chi connectivity index (χ4v) is 6.60. The van der Waals surface area contributed by atoms with Crippen LogP contribution in [0.5, 0.6) is 0 Å². The van der Waals surface area contributed by atoms with E-state index >= 15 is 0 Å². The Kier molecular flexibility index (Phi) is 7.40. The zero-order valence-electron chi connectivity index (χ0n) is 20.0. The van der Waals surface area contributed by atoms with Crippen molar-refractivity contribution in [3.63, 3.8) is 0 Å². The van der Waals surface area contributed by atoms with Gasteiger partial charge >= 0.3 is 12.4 Å². The van der Waals surface area contributed by atoms with Crippen LogP contribution in [0.1, 0.15) is 30.4 Å². The lowest BCUT2D eigenvalue weighted by Crippen LogP contribution is -2.54. The topological polar surface area (TPSA) is 98.2 Å². The highest BCUT2D eigenvalue weighted by Gasteiger charge is 2.71. The molecule has 0 bridgehead atoms. The fraction of sp³-hybridized carbons (Fsp3) is 0.458. The summed E-state index contributed by atoms with van der Waals surface area (Å²) in [6.07, 6.45) is -13.4. The number of β-amino-alcohol motifs (C(OH)–C–C–N with tert-alkyl or cyclic N) is 1. The van der Waals surface area contributed by atoms with E-state index in [9.17, 15) is 54.2 Å². The molecule has 214 valence electrons. The summed E-state index contributed by atoms with van der Waals surface area (Å²) >= 11 is 0. The summed E-state index contributed by atoms with van der Waals surface area (Å²) in [4.78, 5) is 13.8. The van der Waals surface area contributed by atoms with Gasteiger partial charge in [-0.3, -0.25) is 9.10 Å². The van der Waals surface area contributed by atoms with Gasteiger partial charge in [0, 0.05) is 25.1 Å². The highest BCUT2D eigenvalue weighted by atomic mass is 32.2. The van der Waals surface area contributed by atoms with Crippen molar-refractivity contribution in [3.05, 3.63) is 59.4 Å². The van der Waals surface area contributed by atoms with Gasteiger partial charge in [-0.25, -0.2) is 12.8 Å². The van der Waals surface area contributed by atoms with Crippen LogP contribution in [0.3, 0.4) is 0 Å². The van der Waals surface area contributed by atoms with Gasteiger partial charge in [0.15, 0.2) is 0 Å². The van der Waals surface area contributed by atoms with Crippen molar-refractivity contribution < 1.29 is 54.2 Å². The van der Waals surface area contributed by atoms with Gasteiger partial charge < -0.3 is 15.1 Å². The van der Waals surface area contributed by atoms with E-state index in [1.54, 1.807) is 0 Å². The molecular formula is C24H23F7N2O5S. The third kappa shape index (κ3) is 5.18. The van der Waals surface area contributed by atoms with E-state index in [0.29, 0.717) is 18.6 Å². The molecule has 2 heterocycles. The first-order valence-corrected chi connectivity index (χ1v) is 13.2. The van der Waals surface area contributed by atoms with Crippen LogP contribution in [0.15, 0.2) is 47.4 Å². The number of benzene rings is 2. The lowest BCUT2D eigenvalue weighted by Gasteiger charge is -2.39. The van der Waals surface area contributed by atoms with Crippen LogP contribution in [0.25, 0.3) is 0 Å². The van der Waals surface area contributed by atoms with Gasteiger partial charge in [0.25, 0.3) is 15.6 Å². The molecule has 0 saturated carbocycles. The van der Waals surface area contributed by atoms with Crippen LogP contribution in [0, 0.1) is 5.82 Å². The van der Waals surface area contributed by atoms with Crippen LogP contribution in [-0.2, 0) is 26.8 Å². The number of carbonyl (C=O) groups excluding carboxylic acids is 1. The Morgan fingerprint density at radius 2 is 1.59 bits per heavy atom. The largest absolute Gasteiger partial charge is 0.430 e. The number of likely N-dealkylation sites (tertiary alicyclic amines) is 1. The number of alkyl halides is 6. The molecule has 7 nitrogen and oxygen atoms in total. The van der Waals surface area contributed by atoms with Crippen LogP contribution in [0.4, 0.5) is 36.4 Å². The number of halogens is 7. The fourth-order valence-electron chi connectivity index (χ4n) is 4.88. The van der Waals surface area contributed by atoms with Crippen molar-refractivity contribution in [2.75, 3.05) is 17.4 Å². The van der Waals surface area contributed by atoms with Crippen molar-refractivity contribution in [3.8, 4) is 0 Å². The van der Waals surface area contributed by atoms with Gasteiger partial charge in [-0.15, -0.1) is 0 Å². The van der Waals surface area contributed by atoms with E-state index in [1.165, 1.54) is 4.90 Å². The van der Waals surface area contributed by atoms with Gasteiger partial charge in [0.1, 0.15) is 5.82 Å². The Labute approximate surface area is 218 Å². The predicted molar refractivity (Wildman–Crippen MR) is 122 cm³/mol. The number of amides is 1. The molecule has 0 aliphatic carbocycles. The predicted octanol–water partition coefficient (Wildman–Crippen LogP) is 3.63. The van der Waals surface area contributed by atoms with Crippen LogP contribution in [0.2, 0.25) is 0 Å². The van der Waals surface area contributed by atoms with Crippen molar-refractivity contribution in [1.82, 2.24) is 4.90 Å². The molecule has 2 aliphatic heterocycles. The first-order valence-electron chi connectivity index (χ1n) is 11.7. The van der Waals surface area contributed by atoms with Gasteiger partial charge in [0.05, 0.1) is 22.7 Å². The minimum Gasteiger partial charge on any atom is -0.391 e. The monoisotopic (exact) mass is 584 g/mol. The third-order valence-corrected chi connectivity index (χ3v) is 8.81. The number of aliphatic hydroxyl groups is 2. The van der Waals surface area contributed by atoms with E-state index < -0.39 is 62.3 Å². The maximum absolute atomic E-state index is 13.7. The third-order valence-electron chi connectivity index (χ3n) is 6.93. The summed E-state index contributed by atoms with van der Waals surface area (Å²) < 4.78 is 122. The molecule has 0 spiro atoms. The van der Waals surface area contributed by atoms with Crippen molar-refractivity contribution in [2.45, 2.75) is 60.7 Å². The van der Waals surface area contributed by atoms with Crippen molar-refractivity contribution in [1.29, 1.82) is 0 Å². The van der Waals surface area contributed by atoms with Crippen LogP contribution < -0.4 is 4.31 Å². The number of fused-ring (bicyclic) bond motifs is 1. The lowest BCUT2D eigenvalue weighted by molar-refractivity contribution is -0.376. The normalized spacial score (nSPS) is 20.7. The van der Waals surface area contributed by atoms with Crippen molar-refractivity contribution in [2.24, 2.45) is 0 Å². The molecule has 1 fully saturated rings. The van der Waals surface area contributed by atoms with Gasteiger partial charge in [-0.1, -0.05) is 12.1 Å². The Morgan fingerprint density at radius 1 is 0.974 bits per heavy atom. The Hall–Kier alpha value is -2.91. The molecular weight excluding hydrogens is 561 g/mol. The molecule has 2 aromatic rings. The minimum absolute atomic E-state index is 0.0314. The summed E-state index contributed by atoms with van der Waals surface area (Å²) in [7, 11) is -4.59. The molecule has 0 aromatic heterocycles. The number of hydrogen-bond acceptors (Lipinski definition) is 5. The number of sulfonamides is 1. The number of aliphatic hydroxyl groups excluding tert-OH is 1. The Morgan fingerprint density at radius 3 is 2.13 bits per heavy atom. The number of hydrogen-bond donors (Lipinski definition) is 2. The second-order valence-electron chi connectivity index (χ2n) is 9.48. The summed E-state index contributed by atoms with van der Waals surface area (Å²) in [6, 6.07) is 4.03. The summed E-state index contributed by atoms with van der Waals surface area (Å²) in [6.45, 7) is 0.258. The molecule has 1 saturated heterocycles. The number of aryl methyl sites for hydroxylation is 1. The molecule has 2 aliphatic rings. The number of rotatable bonds is 5. The van der Waals surface area contributed by atoms with Gasteiger partial charge in [-0.2, -0.15) is 26.3 Å². The van der Waals surface area contributed by atoms with Gasteiger partial charge in [0.2, 0.25) is 5.91 Å². The average molecular weight is 585 g/mol. The molecule has 0 radical (unpaired) electrons. The number of nitrogens with zero attached hydrogens (tertiary/aromatic N) is 2. The smallest absolute Gasteiger partial charge is 0.391 e. The minimum atomic E-state index is -6.14. The van der Waals surface area contributed by atoms with E-state index in [0.717, 1.165) is 34.6 Å². The molecule has 2 atom stereocenters. The standard InChI is InChI=1S/C24H23F7N2O5S/c25-16-3-6-19(7-4-16)39(37,38)33-17(12-21(35)32-10-9-18(34)13-32)5-1-14-11-15(2-8-20(14)33)22(36,23(26,27)28)24(29,30)31/h2-4,6-8,11,17-18,34,36H,1,5,9-10,12-13H2/t17-,18+/m0/s1. The summed E-state index contributed by atoms with van der Waals surface area (Å²) in [5.74, 6) is -1.25.